The lowest BCUT2D eigenvalue weighted by Crippen LogP contribution is -2.35. The second-order valence-corrected chi connectivity index (χ2v) is 5.79. The Bertz CT molecular complexity index is 688. The molecule has 22 heavy (non-hydrogen) atoms. The van der Waals surface area contributed by atoms with Gasteiger partial charge in [-0.3, -0.25) is 4.79 Å². The average molecular weight is 333 g/mol. The van der Waals surface area contributed by atoms with Crippen LogP contribution in [0.5, 0.6) is 0 Å². The van der Waals surface area contributed by atoms with Crippen molar-refractivity contribution in [2.24, 2.45) is 0 Å². The van der Waals surface area contributed by atoms with Gasteiger partial charge in [0.15, 0.2) is 4.99 Å². The molecule has 0 saturated heterocycles. The highest BCUT2D eigenvalue weighted by molar-refractivity contribution is 7.82. The van der Waals surface area contributed by atoms with Crippen molar-refractivity contribution in [3.63, 3.8) is 0 Å². The van der Waals surface area contributed by atoms with E-state index in [1.807, 2.05) is 44.2 Å². The lowest BCUT2D eigenvalue weighted by Gasteiger charge is -2.16. The van der Waals surface area contributed by atoms with E-state index in [1.165, 1.54) is 0 Å². The minimum atomic E-state index is -0.344. The largest absolute Gasteiger partial charge is 0.365 e. The number of anilines is 1. The van der Waals surface area contributed by atoms with E-state index in [4.69, 9.17) is 23.8 Å². The Morgan fingerprint density at radius 3 is 2.50 bits per heavy atom. The topological polar surface area (TPSA) is 41.1 Å². The molecule has 1 amide bonds. The van der Waals surface area contributed by atoms with E-state index in [0.29, 0.717) is 10.7 Å². The number of carbonyl (C=O) groups is 1. The molecule has 114 valence electrons. The molecular weight excluding hydrogens is 316 g/mol. The monoisotopic (exact) mass is 332 g/mol. The molecule has 0 aliphatic rings. The number of benzene rings is 2. The maximum absolute atomic E-state index is 12.2. The van der Waals surface area contributed by atoms with Crippen LogP contribution in [0.25, 0.3) is 0 Å². The molecule has 0 aliphatic carbocycles. The van der Waals surface area contributed by atoms with Crippen molar-refractivity contribution in [1.29, 1.82) is 0 Å². The van der Waals surface area contributed by atoms with Crippen molar-refractivity contribution in [2.75, 3.05) is 5.32 Å². The van der Waals surface area contributed by atoms with Gasteiger partial charge < -0.3 is 10.6 Å². The van der Waals surface area contributed by atoms with Gasteiger partial charge in [-0.05, 0) is 37.1 Å². The number of hydrogen-bond donors (Lipinski definition) is 2. The summed E-state index contributed by atoms with van der Waals surface area (Å²) in [6.07, 6.45) is 0. The van der Waals surface area contributed by atoms with Crippen LogP contribution in [0, 0.1) is 6.92 Å². The number of hydrogen-bond acceptors (Lipinski definition) is 2. The first-order valence-electron chi connectivity index (χ1n) is 6.91. The molecule has 2 N–H and O–H groups in total. The van der Waals surface area contributed by atoms with E-state index in [1.54, 1.807) is 18.2 Å². The first kappa shape index (κ1) is 16.5. The number of thiocarbonyl (C=S) groups is 1. The fourth-order valence-electron chi connectivity index (χ4n) is 2.01. The summed E-state index contributed by atoms with van der Waals surface area (Å²) in [4.78, 5) is 12.3. The summed E-state index contributed by atoms with van der Waals surface area (Å²) in [5.41, 5.74) is 2.54. The molecular formula is C17H17ClN2OS. The lowest BCUT2D eigenvalue weighted by molar-refractivity contribution is -0.110. The van der Waals surface area contributed by atoms with Crippen LogP contribution in [-0.4, -0.2) is 10.9 Å². The molecule has 0 bridgehead atoms. The van der Waals surface area contributed by atoms with Crippen molar-refractivity contribution in [3.05, 3.63) is 64.7 Å². The van der Waals surface area contributed by atoms with E-state index in [9.17, 15) is 4.79 Å². The standard InChI is InChI=1S/C17H17ClN2OS/c1-11-14(18)9-6-10-15(11)20-16(21)17(22)19-12(2)13-7-4-3-5-8-13/h3-10,12H,1-2H3,(H,19,22)(H,20,21). The van der Waals surface area contributed by atoms with E-state index in [-0.39, 0.29) is 16.9 Å². The van der Waals surface area contributed by atoms with E-state index < -0.39 is 0 Å². The maximum Gasteiger partial charge on any atom is 0.283 e. The van der Waals surface area contributed by atoms with E-state index in [0.717, 1.165) is 11.1 Å². The van der Waals surface area contributed by atoms with Crippen molar-refractivity contribution in [1.82, 2.24) is 5.32 Å². The normalized spacial score (nSPS) is 11.6. The molecule has 2 aromatic carbocycles. The van der Waals surface area contributed by atoms with Crippen LogP contribution < -0.4 is 10.6 Å². The molecule has 3 nitrogen and oxygen atoms in total. The van der Waals surface area contributed by atoms with Crippen molar-refractivity contribution in [3.8, 4) is 0 Å². The second kappa shape index (κ2) is 7.38. The summed E-state index contributed by atoms with van der Waals surface area (Å²) in [7, 11) is 0. The van der Waals surface area contributed by atoms with Gasteiger partial charge in [-0.1, -0.05) is 60.2 Å². The van der Waals surface area contributed by atoms with Crippen LogP contribution in [0.2, 0.25) is 5.02 Å². The number of carbonyl (C=O) groups excluding carboxylic acids is 1. The van der Waals surface area contributed by atoms with Gasteiger partial charge in [-0.15, -0.1) is 0 Å². The highest BCUT2D eigenvalue weighted by atomic mass is 35.5. The van der Waals surface area contributed by atoms with Crippen LogP contribution in [0.3, 0.4) is 0 Å². The quantitative estimate of drug-likeness (QED) is 0.825. The predicted molar refractivity (Wildman–Crippen MR) is 95.4 cm³/mol. The van der Waals surface area contributed by atoms with Crippen LogP contribution in [0.4, 0.5) is 5.69 Å². The molecule has 0 spiro atoms. The summed E-state index contributed by atoms with van der Waals surface area (Å²) < 4.78 is 0. The van der Waals surface area contributed by atoms with Crippen molar-refractivity contribution in [2.45, 2.75) is 19.9 Å². The molecule has 0 heterocycles. The van der Waals surface area contributed by atoms with Crippen LogP contribution >= 0.6 is 23.8 Å². The summed E-state index contributed by atoms with van der Waals surface area (Å²) >= 11 is 11.2. The smallest absolute Gasteiger partial charge is 0.283 e. The SMILES string of the molecule is Cc1c(Cl)cccc1NC(=O)C(=S)NC(C)c1ccccc1. The zero-order valence-electron chi connectivity index (χ0n) is 12.4. The fraction of sp³-hybridized carbons (Fsp3) is 0.176. The third-order valence-corrected chi connectivity index (χ3v) is 4.08. The Morgan fingerprint density at radius 1 is 1.14 bits per heavy atom. The minimum Gasteiger partial charge on any atom is -0.365 e. The van der Waals surface area contributed by atoms with Crippen molar-refractivity contribution < 1.29 is 4.79 Å². The number of nitrogens with one attached hydrogen (secondary N) is 2. The summed E-state index contributed by atoms with van der Waals surface area (Å²) in [5.74, 6) is -0.344. The Hall–Kier alpha value is -1.91. The predicted octanol–water partition coefficient (Wildman–Crippen LogP) is 4.27. The third-order valence-electron chi connectivity index (χ3n) is 3.37. The first-order valence-corrected chi connectivity index (χ1v) is 7.69. The first-order chi connectivity index (χ1) is 10.5. The van der Waals surface area contributed by atoms with Gasteiger partial charge in [-0.25, -0.2) is 0 Å². The van der Waals surface area contributed by atoms with Gasteiger partial charge in [0.2, 0.25) is 0 Å². The zero-order valence-corrected chi connectivity index (χ0v) is 14.0. The van der Waals surface area contributed by atoms with Gasteiger partial charge in [0, 0.05) is 16.8 Å². The highest BCUT2D eigenvalue weighted by Gasteiger charge is 2.14. The van der Waals surface area contributed by atoms with Gasteiger partial charge in [-0.2, -0.15) is 0 Å². The van der Waals surface area contributed by atoms with E-state index >= 15 is 0 Å². The Kier molecular flexibility index (Phi) is 5.52. The Labute approximate surface area is 140 Å². The molecule has 0 aliphatic heterocycles. The minimum absolute atomic E-state index is 0.0418. The molecule has 2 aromatic rings. The second-order valence-electron chi connectivity index (χ2n) is 4.97. The van der Waals surface area contributed by atoms with Gasteiger partial charge in [0.25, 0.3) is 5.91 Å². The molecule has 0 saturated carbocycles. The molecule has 2 rings (SSSR count). The summed E-state index contributed by atoms with van der Waals surface area (Å²) in [5, 5.41) is 6.42. The van der Waals surface area contributed by atoms with Crippen molar-refractivity contribution >= 4 is 40.4 Å². The summed E-state index contributed by atoms with van der Waals surface area (Å²) in [6, 6.07) is 15.1. The van der Waals surface area contributed by atoms with Gasteiger partial charge in [0.05, 0.1) is 0 Å². The molecule has 0 aromatic heterocycles. The number of rotatable bonds is 3. The van der Waals surface area contributed by atoms with Gasteiger partial charge >= 0.3 is 0 Å². The molecule has 1 atom stereocenters. The van der Waals surface area contributed by atoms with Crippen LogP contribution in [0.15, 0.2) is 48.5 Å². The fourth-order valence-corrected chi connectivity index (χ4v) is 2.41. The number of halogens is 1. The maximum atomic E-state index is 12.2. The third kappa shape index (κ3) is 4.06. The molecule has 1 unspecified atom stereocenters. The molecule has 0 radical (unpaired) electrons. The highest BCUT2D eigenvalue weighted by Crippen LogP contribution is 2.22. The van der Waals surface area contributed by atoms with Crippen LogP contribution in [0.1, 0.15) is 24.1 Å². The summed E-state index contributed by atoms with van der Waals surface area (Å²) in [6.45, 7) is 3.81. The molecule has 5 heteroatoms. The molecule has 0 fully saturated rings. The van der Waals surface area contributed by atoms with Crippen LogP contribution in [-0.2, 0) is 4.79 Å². The zero-order chi connectivity index (χ0) is 16.1. The Balaban J connectivity index is 2.01. The van der Waals surface area contributed by atoms with Gasteiger partial charge in [0.1, 0.15) is 0 Å². The van der Waals surface area contributed by atoms with E-state index in [2.05, 4.69) is 10.6 Å². The lowest BCUT2D eigenvalue weighted by atomic mass is 10.1. The average Bonchev–Trinajstić information content (AvgIpc) is 2.52. The number of amides is 1. The Morgan fingerprint density at radius 2 is 1.82 bits per heavy atom.